The normalized spacial score (nSPS) is 22.3. The van der Waals surface area contributed by atoms with Gasteiger partial charge in [0.15, 0.2) is 0 Å². The SMILES string of the molecule is CNC1C=C(N2CCC(c3ccccc3)CC2)N=C(C)N1C.I. The van der Waals surface area contributed by atoms with Gasteiger partial charge in [-0.3, -0.25) is 5.32 Å². The molecule has 2 heterocycles. The third-order valence-electron chi connectivity index (χ3n) is 4.90. The fourth-order valence-corrected chi connectivity index (χ4v) is 3.36. The number of likely N-dealkylation sites (N-methyl/N-ethyl adjacent to an activating group) is 2. The van der Waals surface area contributed by atoms with Crippen LogP contribution < -0.4 is 5.32 Å². The quantitative estimate of drug-likeness (QED) is 0.754. The third kappa shape index (κ3) is 4.07. The van der Waals surface area contributed by atoms with E-state index in [1.54, 1.807) is 0 Å². The zero-order chi connectivity index (χ0) is 15.5. The molecule has 1 aromatic rings. The van der Waals surface area contributed by atoms with Gasteiger partial charge in [0.25, 0.3) is 0 Å². The minimum Gasteiger partial charge on any atom is -0.357 e. The number of hydrogen-bond acceptors (Lipinski definition) is 4. The first-order valence-electron chi connectivity index (χ1n) is 8.16. The van der Waals surface area contributed by atoms with E-state index in [-0.39, 0.29) is 30.1 Å². The van der Waals surface area contributed by atoms with Gasteiger partial charge >= 0.3 is 0 Å². The van der Waals surface area contributed by atoms with Gasteiger partial charge in [0.05, 0.1) is 0 Å². The Hall–Kier alpha value is -1.08. The second-order valence-electron chi connectivity index (χ2n) is 6.20. The van der Waals surface area contributed by atoms with Crippen molar-refractivity contribution in [3.05, 3.63) is 47.8 Å². The number of nitrogens with one attached hydrogen (secondary N) is 1. The molecule has 1 saturated heterocycles. The number of hydrogen-bond donors (Lipinski definition) is 1. The fourth-order valence-electron chi connectivity index (χ4n) is 3.36. The molecule has 0 saturated carbocycles. The van der Waals surface area contributed by atoms with E-state index < -0.39 is 0 Å². The lowest BCUT2D eigenvalue weighted by molar-refractivity contribution is 0.250. The lowest BCUT2D eigenvalue weighted by Crippen LogP contribution is -2.46. The van der Waals surface area contributed by atoms with Crippen LogP contribution in [0.25, 0.3) is 0 Å². The van der Waals surface area contributed by atoms with Crippen molar-refractivity contribution in [3.8, 4) is 0 Å². The van der Waals surface area contributed by atoms with E-state index in [2.05, 4.69) is 65.5 Å². The molecular formula is C18H27IN4. The molecule has 0 bridgehead atoms. The first-order valence-corrected chi connectivity index (χ1v) is 8.16. The van der Waals surface area contributed by atoms with Crippen LogP contribution in [-0.4, -0.2) is 49.0 Å². The summed E-state index contributed by atoms with van der Waals surface area (Å²) < 4.78 is 0. The first kappa shape index (κ1) is 18.3. The van der Waals surface area contributed by atoms with Crippen LogP contribution in [0.2, 0.25) is 0 Å². The minimum atomic E-state index is 0. The highest BCUT2D eigenvalue weighted by atomic mass is 127. The number of likely N-dealkylation sites (tertiary alicyclic amines) is 1. The number of piperidine rings is 1. The predicted octanol–water partition coefficient (Wildman–Crippen LogP) is 3.23. The van der Waals surface area contributed by atoms with Crippen molar-refractivity contribution in [2.45, 2.75) is 31.8 Å². The van der Waals surface area contributed by atoms with Gasteiger partial charge in [-0.15, -0.1) is 24.0 Å². The molecule has 23 heavy (non-hydrogen) atoms. The van der Waals surface area contributed by atoms with Crippen LogP contribution in [0.1, 0.15) is 31.2 Å². The molecule has 2 aliphatic rings. The van der Waals surface area contributed by atoms with Gasteiger partial charge in [-0.2, -0.15) is 0 Å². The molecule has 4 nitrogen and oxygen atoms in total. The van der Waals surface area contributed by atoms with E-state index in [0.717, 1.165) is 24.7 Å². The maximum atomic E-state index is 4.77. The van der Waals surface area contributed by atoms with E-state index in [1.165, 1.54) is 18.4 Å². The zero-order valence-corrected chi connectivity index (χ0v) is 16.5. The third-order valence-corrected chi connectivity index (χ3v) is 4.90. The average Bonchev–Trinajstić information content (AvgIpc) is 2.58. The molecule has 0 radical (unpaired) electrons. The summed E-state index contributed by atoms with van der Waals surface area (Å²) in [7, 11) is 4.07. The Balaban J connectivity index is 0.00000192. The highest BCUT2D eigenvalue weighted by Crippen LogP contribution is 2.30. The van der Waals surface area contributed by atoms with Gasteiger partial charge in [0.2, 0.25) is 0 Å². The molecule has 0 aliphatic carbocycles. The van der Waals surface area contributed by atoms with Gasteiger partial charge in [-0.1, -0.05) is 30.3 Å². The molecule has 0 amide bonds. The van der Waals surface area contributed by atoms with Crippen molar-refractivity contribution in [2.24, 2.45) is 4.99 Å². The molecule has 1 fully saturated rings. The van der Waals surface area contributed by atoms with Gasteiger partial charge in [-0.05, 0) is 44.4 Å². The van der Waals surface area contributed by atoms with Crippen LogP contribution in [-0.2, 0) is 0 Å². The molecule has 5 heteroatoms. The summed E-state index contributed by atoms with van der Waals surface area (Å²) in [5.74, 6) is 2.89. The second-order valence-corrected chi connectivity index (χ2v) is 6.20. The average molecular weight is 426 g/mol. The highest BCUT2D eigenvalue weighted by Gasteiger charge is 2.25. The summed E-state index contributed by atoms with van der Waals surface area (Å²) in [6.45, 7) is 4.25. The Morgan fingerprint density at radius 1 is 1.13 bits per heavy atom. The molecule has 0 spiro atoms. The molecule has 1 atom stereocenters. The van der Waals surface area contributed by atoms with Crippen LogP contribution in [0.3, 0.4) is 0 Å². The molecule has 1 unspecified atom stereocenters. The summed E-state index contributed by atoms with van der Waals surface area (Å²) in [5, 5.41) is 3.33. The summed E-state index contributed by atoms with van der Waals surface area (Å²) in [6, 6.07) is 10.9. The number of benzene rings is 1. The van der Waals surface area contributed by atoms with Gasteiger partial charge in [-0.25, -0.2) is 4.99 Å². The maximum absolute atomic E-state index is 4.77. The molecule has 126 valence electrons. The number of halogens is 1. The highest BCUT2D eigenvalue weighted by molar-refractivity contribution is 14.0. The van der Waals surface area contributed by atoms with Gasteiger partial charge in [0, 0.05) is 20.1 Å². The fraction of sp³-hybridized carbons (Fsp3) is 0.500. The summed E-state index contributed by atoms with van der Waals surface area (Å²) in [6.07, 6.45) is 4.88. The smallest absolute Gasteiger partial charge is 0.129 e. The Labute approximate surface area is 156 Å². The monoisotopic (exact) mass is 426 g/mol. The Morgan fingerprint density at radius 3 is 2.39 bits per heavy atom. The Kier molecular flexibility index (Phi) is 6.47. The lowest BCUT2D eigenvalue weighted by Gasteiger charge is -2.38. The number of nitrogens with zero attached hydrogens (tertiary/aromatic N) is 3. The van der Waals surface area contributed by atoms with Crippen molar-refractivity contribution in [1.82, 2.24) is 15.1 Å². The van der Waals surface area contributed by atoms with Crippen molar-refractivity contribution >= 4 is 29.8 Å². The van der Waals surface area contributed by atoms with Crippen molar-refractivity contribution in [3.63, 3.8) is 0 Å². The van der Waals surface area contributed by atoms with Crippen molar-refractivity contribution in [2.75, 3.05) is 27.2 Å². The largest absolute Gasteiger partial charge is 0.357 e. The molecule has 1 N–H and O–H groups in total. The topological polar surface area (TPSA) is 30.9 Å². The predicted molar refractivity (Wildman–Crippen MR) is 107 cm³/mol. The Morgan fingerprint density at radius 2 is 1.78 bits per heavy atom. The number of aliphatic imine (C=N–C) groups is 1. The maximum Gasteiger partial charge on any atom is 0.129 e. The standard InChI is InChI=1S/C18H26N4.HI/c1-14-20-18(13-17(19-2)21(14)3)22-11-9-16(10-12-22)15-7-5-4-6-8-15;/h4-8,13,16-17,19H,9-12H2,1-3H3;1H. The van der Waals surface area contributed by atoms with Crippen LogP contribution >= 0.6 is 24.0 Å². The van der Waals surface area contributed by atoms with Gasteiger partial charge in [0.1, 0.15) is 17.8 Å². The van der Waals surface area contributed by atoms with Crippen LogP contribution in [0, 0.1) is 0 Å². The van der Waals surface area contributed by atoms with Crippen LogP contribution in [0.5, 0.6) is 0 Å². The number of amidine groups is 1. The van der Waals surface area contributed by atoms with Crippen molar-refractivity contribution in [1.29, 1.82) is 0 Å². The minimum absolute atomic E-state index is 0. The zero-order valence-electron chi connectivity index (χ0n) is 14.2. The molecule has 2 aliphatic heterocycles. The van der Waals surface area contributed by atoms with Crippen LogP contribution in [0.4, 0.5) is 0 Å². The molecular weight excluding hydrogens is 399 g/mol. The summed E-state index contributed by atoms with van der Waals surface area (Å²) in [5.41, 5.74) is 1.48. The molecule has 1 aromatic carbocycles. The second kappa shape index (κ2) is 8.15. The van der Waals surface area contributed by atoms with E-state index in [1.807, 2.05) is 7.05 Å². The van der Waals surface area contributed by atoms with Crippen molar-refractivity contribution < 1.29 is 0 Å². The summed E-state index contributed by atoms with van der Waals surface area (Å²) >= 11 is 0. The summed E-state index contributed by atoms with van der Waals surface area (Å²) in [4.78, 5) is 9.37. The molecule has 0 aromatic heterocycles. The van der Waals surface area contributed by atoms with Crippen LogP contribution in [0.15, 0.2) is 47.2 Å². The lowest BCUT2D eigenvalue weighted by atomic mass is 9.89. The Bertz CT molecular complexity index is 562. The van der Waals surface area contributed by atoms with E-state index in [0.29, 0.717) is 5.92 Å². The molecule has 3 rings (SSSR count). The van der Waals surface area contributed by atoms with E-state index in [9.17, 15) is 0 Å². The van der Waals surface area contributed by atoms with E-state index in [4.69, 9.17) is 4.99 Å². The van der Waals surface area contributed by atoms with Gasteiger partial charge < -0.3 is 9.80 Å². The van der Waals surface area contributed by atoms with E-state index >= 15 is 0 Å². The first-order chi connectivity index (χ1) is 10.7. The number of rotatable bonds is 3.